The lowest BCUT2D eigenvalue weighted by molar-refractivity contribution is -0.121. The van der Waals surface area contributed by atoms with Gasteiger partial charge in [0.15, 0.2) is 0 Å². The standard InChI is InChI=1S/C15H19N3O4/c1-9(8-11-4-3-7-22-11)16-13(19)6-5-12-10(2)17-15(21)18-14(12)20/h3-4,7,9H,5-6,8H2,1-2H3,(H,16,19)(H2,17,18,20,21). The van der Waals surface area contributed by atoms with Crippen molar-refractivity contribution in [3.63, 3.8) is 0 Å². The third kappa shape index (κ3) is 4.21. The summed E-state index contributed by atoms with van der Waals surface area (Å²) in [6, 6.07) is 3.59. The molecule has 2 aromatic rings. The van der Waals surface area contributed by atoms with Gasteiger partial charge in [0.1, 0.15) is 5.76 Å². The maximum atomic E-state index is 11.9. The molecular weight excluding hydrogens is 286 g/mol. The lowest BCUT2D eigenvalue weighted by atomic mass is 10.1. The number of hydrogen-bond acceptors (Lipinski definition) is 4. The summed E-state index contributed by atoms with van der Waals surface area (Å²) in [6.07, 6.45) is 2.65. The monoisotopic (exact) mass is 305 g/mol. The van der Waals surface area contributed by atoms with Gasteiger partial charge in [-0.05, 0) is 32.4 Å². The van der Waals surface area contributed by atoms with E-state index in [1.54, 1.807) is 19.3 Å². The summed E-state index contributed by atoms with van der Waals surface area (Å²) >= 11 is 0. The lowest BCUT2D eigenvalue weighted by Gasteiger charge is -2.12. The van der Waals surface area contributed by atoms with E-state index in [4.69, 9.17) is 4.42 Å². The van der Waals surface area contributed by atoms with E-state index < -0.39 is 11.2 Å². The molecule has 0 aromatic carbocycles. The Morgan fingerprint density at radius 2 is 2.14 bits per heavy atom. The molecule has 1 atom stereocenters. The van der Waals surface area contributed by atoms with Crippen LogP contribution < -0.4 is 16.6 Å². The predicted octanol–water partition coefficient (Wildman–Crippen LogP) is 0.645. The lowest BCUT2D eigenvalue weighted by Crippen LogP contribution is -2.35. The Labute approximate surface area is 126 Å². The van der Waals surface area contributed by atoms with Crippen LogP contribution in [0.1, 0.15) is 30.4 Å². The normalized spacial score (nSPS) is 12.1. The van der Waals surface area contributed by atoms with Gasteiger partial charge in [-0.1, -0.05) is 0 Å². The van der Waals surface area contributed by atoms with Crippen molar-refractivity contribution < 1.29 is 9.21 Å². The molecule has 2 rings (SSSR count). The van der Waals surface area contributed by atoms with Crippen LogP contribution in [0, 0.1) is 6.92 Å². The van der Waals surface area contributed by atoms with Gasteiger partial charge in [-0.2, -0.15) is 0 Å². The van der Waals surface area contributed by atoms with Gasteiger partial charge < -0.3 is 14.7 Å². The number of carbonyl (C=O) groups is 1. The number of carbonyl (C=O) groups excluding carboxylic acids is 1. The summed E-state index contributed by atoms with van der Waals surface area (Å²) in [7, 11) is 0. The maximum Gasteiger partial charge on any atom is 0.325 e. The molecule has 1 amide bonds. The molecule has 0 aliphatic rings. The number of rotatable bonds is 6. The Morgan fingerprint density at radius 1 is 1.36 bits per heavy atom. The van der Waals surface area contributed by atoms with Gasteiger partial charge in [-0.3, -0.25) is 14.6 Å². The fourth-order valence-electron chi connectivity index (χ4n) is 2.29. The number of nitrogens with one attached hydrogen (secondary N) is 3. The van der Waals surface area contributed by atoms with E-state index in [9.17, 15) is 14.4 Å². The first-order chi connectivity index (χ1) is 10.5. The molecule has 0 fully saturated rings. The van der Waals surface area contributed by atoms with E-state index in [0.717, 1.165) is 5.76 Å². The average molecular weight is 305 g/mol. The summed E-state index contributed by atoms with van der Waals surface area (Å²) < 4.78 is 5.23. The topological polar surface area (TPSA) is 108 Å². The molecule has 2 heterocycles. The van der Waals surface area contributed by atoms with E-state index in [2.05, 4.69) is 15.3 Å². The fraction of sp³-hybridized carbons (Fsp3) is 0.400. The second kappa shape index (κ2) is 6.93. The zero-order valence-electron chi connectivity index (χ0n) is 12.6. The van der Waals surface area contributed by atoms with Crippen molar-refractivity contribution in [2.45, 2.75) is 39.2 Å². The molecule has 0 saturated carbocycles. The molecule has 22 heavy (non-hydrogen) atoms. The van der Waals surface area contributed by atoms with Crippen molar-refractivity contribution in [1.29, 1.82) is 0 Å². The molecule has 3 N–H and O–H groups in total. The van der Waals surface area contributed by atoms with Gasteiger partial charge >= 0.3 is 5.69 Å². The second-order valence-electron chi connectivity index (χ2n) is 5.26. The minimum atomic E-state index is -0.539. The van der Waals surface area contributed by atoms with Crippen molar-refractivity contribution in [2.24, 2.45) is 0 Å². The van der Waals surface area contributed by atoms with Crippen molar-refractivity contribution in [1.82, 2.24) is 15.3 Å². The molecule has 118 valence electrons. The van der Waals surface area contributed by atoms with Gasteiger partial charge in [0, 0.05) is 30.1 Å². The molecule has 1 unspecified atom stereocenters. The molecule has 2 aromatic heterocycles. The van der Waals surface area contributed by atoms with Crippen molar-refractivity contribution >= 4 is 5.91 Å². The first-order valence-corrected chi connectivity index (χ1v) is 7.09. The minimum Gasteiger partial charge on any atom is -0.469 e. The van der Waals surface area contributed by atoms with Crippen molar-refractivity contribution in [2.75, 3.05) is 0 Å². The van der Waals surface area contributed by atoms with Gasteiger partial charge in [-0.15, -0.1) is 0 Å². The first-order valence-electron chi connectivity index (χ1n) is 7.09. The SMILES string of the molecule is Cc1[nH]c(=O)[nH]c(=O)c1CCC(=O)NC(C)Cc1ccco1. The van der Waals surface area contributed by atoms with Gasteiger partial charge in [0.05, 0.1) is 6.26 Å². The average Bonchev–Trinajstić information content (AvgIpc) is 2.89. The van der Waals surface area contributed by atoms with E-state index in [1.165, 1.54) is 0 Å². The Kier molecular flexibility index (Phi) is 4.98. The highest BCUT2D eigenvalue weighted by Crippen LogP contribution is 2.05. The Hall–Kier alpha value is -2.57. The van der Waals surface area contributed by atoms with Crippen LogP contribution in [0.25, 0.3) is 0 Å². The number of aromatic nitrogens is 2. The van der Waals surface area contributed by atoms with Crippen LogP contribution in [-0.4, -0.2) is 21.9 Å². The molecular formula is C15H19N3O4. The molecule has 0 saturated heterocycles. The second-order valence-corrected chi connectivity index (χ2v) is 5.26. The Bertz CT molecular complexity index is 743. The number of aromatic amines is 2. The third-order valence-electron chi connectivity index (χ3n) is 3.35. The van der Waals surface area contributed by atoms with Crippen LogP contribution in [0.4, 0.5) is 0 Å². The molecule has 0 radical (unpaired) electrons. The smallest absolute Gasteiger partial charge is 0.325 e. The van der Waals surface area contributed by atoms with Crippen LogP contribution in [0.5, 0.6) is 0 Å². The van der Waals surface area contributed by atoms with Gasteiger partial charge in [0.2, 0.25) is 5.91 Å². The van der Waals surface area contributed by atoms with Crippen LogP contribution >= 0.6 is 0 Å². The zero-order chi connectivity index (χ0) is 16.1. The highest BCUT2D eigenvalue weighted by atomic mass is 16.3. The number of aryl methyl sites for hydroxylation is 1. The fourth-order valence-corrected chi connectivity index (χ4v) is 2.29. The highest BCUT2D eigenvalue weighted by molar-refractivity contribution is 5.76. The third-order valence-corrected chi connectivity index (χ3v) is 3.35. The summed E-state index contributed by atoms with van der Waals surface area (Å²) in [5, 5.41) is 2.86. The number of amides is 1. The molecule has 0 bridgehead atoms. The summed E-state index contributed by atoms with van der Waals surface area (Å²) in [6.45, 7) is 3.53. The number of furan rings is 1. The summed E-state index contributed by atoms with van der Waals surface area (Å²) in [5.74, 6) is 0.657. The van der Waals surface area contributed by atoms with Gasteiger partial charge in [0.25, 0.3) is 5.56 Å². The zero-order valence-corrected chi connectivity index (χ0v) is 12.6. The van der Waals surface area contributed by atoms with E-state index in [0.29, 0.717) is 17.7 Å². The quantitative estimate of drug-likeness (QED) is 0.728. The van der Waals surface area contributed by atoms with Crippen LogP contribution in [0.3, 0.4) is 0 Å². The summed E-state index contributed by atoms with van der Waals surface area (Å²) in [4.78, 5) is 39.4. The summed E-state index contributed by atoms with van der Waals surface area (Å²) in [5.41, 5.74) is -0.0703. The minimum absolute atomic E-state index is 0.0615. The van der Waals surface area contributed by atoms with Crippen LogP contribution in [-0.2, 0) is 17.6 Å². The predicted molar refractivity (Wildman–Crippen MR) is 80.8 cm³/mol. The van der Waals surface area contributed by atoms with Crippen LogP contribution in [0.15, 0.2) is 32.4 Å². The number of hydrogen-bond donors (Lipinski definition) is 3. The molecule has 0 aliphatic heterocycles. The van der Waals surface area contributed by atoms with E-state index in [-0.39, 0.29) is 24.8 Å². The molecule has 7 heteroatoms. The molecule has 7 nitrogen and oxygen atoms in total. The Morgan fingerprint density at radius 3 is 2.77 bits per heavy atom. The van der Waals surface area contributed by atoms with E-state index in [1.807, 2.05) is 13.0 Å². The Balaban J connectivity index is 1.88. The van der Waals surface area contributed by atoms with E-state index >= 15 is 0 Å². The highest BCUT2D eigenvalue weighted by Gasteiger charge is 2.12. The number of H-pyrrole nitrogens is 2. The van der Waals surface area contributed by atoms with Crippen molar-refractivity contribution in [3.8, 4) is 0 Å². The van der Waals surface area contributed by atoms with Crippen molar-refractivity contribution in [3.05, 3.63) is 56.3 Å². The van der Waals surface area contributed by atoms with Crippen LogP contribution in [0.2, 0.25) is 0 Å². The largest absolute Gasteiger partial charge is 0.469 e. The van der Waals surface area contributed by atoms with Gasteiger partial charge in [-0.25, -0.2) is 4.79 Å². The molecule has 0 spiro atoms. The first kappa shape index (κ1) is 15.8. The maximum absolute atomic E-state index is 11.9. The molecule has 0 aliphatic carbocycles.